The molecule has 0 heterocycles. The van der Waals surface area contributed by atoms with Crippen LogP contribution in [0.15, 0.2) is 18.2 Å². The van der Waals surface area contributed by atoms with Crippen LogP contribution in [0.4, 0.5) is 4.39 Å². The molecule has 19 heavy (non-hydrogen) atoms. The molecule has 0 aliphatic heterocycles. The predicted octanol–water partition coefficient (Wildman–Crippen LogP) is 2.81. The Labute approximate surface area is 115 Å². The fourth-order valence-corrected chi connectivity index (χ4v) is 2.33. The minimum atomic E-state index is -0.334. The van der Waals surface area contributed by atoms with E-state index in [9.17, 15) is 4.39 Å². The van der Waals surface area contributed by atoms with Crippen molar-refractivity contribution in [3.63, 3.8) is 0 Å². The van der Waals surface area contributed by atoms with Crippen LogP contribution >= 0.6 is 0 Å². The number of hydrogen-bond acceptors (Lipinski definition) is 3. The van der Waals surface area contributed by atoms with E-state index in [0.29, 0.717) is 12.5 Å². The van der Waals surface area contributed by atoms with Crippen molar-refractivity contribution < 1.29 is 9.13 Å². The van der Waals surface area contributed by atoms with E-state index in [0.717, 1.165) is 18.7 Å². The van der Waals surface area contributed by atoms with Crippen molar-refractivity contribution >= 4 is 0 Å². The van der Waals surface area contributed by atoms with Crippen molar-refractivity contribution in [2.45, 2.75) is 26.8 Å². The number of likely N-dealkylation sites (N-methyl/N-ethyl adjacent to an activating group) is 1. The van der Waals surface area contributed by atoms with Gasteiger partial charge in [-0.15, -0.1) is 0 Å². The minimum Gasteiger partial charge on any atom is -0.494 e. The summed E-state index contributed by atoms with van der Waals surface area (Å²) in [6.07, 6.45) is 0. The van der Waals surface area contributed by atoms with Crippen LogP contribution in [0.3, 0.4) is 0 Å². The molecule has 0 saturated carbocycles. The Balaban J connectivity index is 2.98. The van der Waals surface area contributed by atoms with E-state index < -0.39 is 0 Å². The lowest BCUT2D eigenvalue weighted by atomic mass is 10.0. The highest BCUT2D eigenvalue weighted by atomic mass is 19.1. The number of nitrogens with two attached hydrogens (primary N) is 1. The number of ether oxygens (including phenoxy) is 1. The second-order valence-electron chi connectivity index (χ2n) is 5.13. The summed E-state index contributed by atoms with van der Waals surface area (Å²) in [6.45, 7) is 8.77. The van der Waals surface area contributed by atoms with E-state index in [4.69, 9.17) is 10.5 Å². The maximum atomic E-state index is 13.8. The first kappa shape index (κ1) is 15.9. The molecule has 0 spiro atoms. The Morgan fingerprint density at radius 2 is 2.05 bits per heavy atom. The second kappa shape index (κ2) is 7.46. The topological polar surface area (TPSA) is 38.5 Å². The van der Waals surface area contributed by atoms with Gasteiger partial charge in [0, 0.05) is 19.1 Å². The van der Waals surface area contributed by atoms with E-state index in [-0.39, 0.29) is 17.6 Å². The maximum Gasteiger partial charge on any atom is 0.165 e. The number of nitrogens with zero attached hydrogens (tertiary/aromatic N) is 1. The standard InChI is InChI=1S/C15H25FN2O/c1-5-18(10-11(2)3)14(9-17)12-6-7-15(19-4)13(16)8-12/h6-8,11,14H,5,9-10,17H2,1-4H3. The van der Waals surface area contributed by atoms with Crippen molar-refractivity contribution in [1.29, 1.82) is 0 Å². The van der Waals surface area contributed by atoms with E-state index in [1.165, 1.54) is 13.2 Å². The number of benzene rings is 1. The third-order valence-electron chi connectivity index (χ3n) is 3.23. The van der Waals surface area contributed by atoms with Crippen molar-refractivity contribution in [2.75, 3.05) is 26.7 Å². The van der Waals surface area contributed by atoms with Gasteiger partial charge in [-0.3, -0.25) is 4.90 Å². The van der Waals surface area contributed by atoms with Gasteiger partial charge in [-0.25, -0.2) is 4.39 Å². The summed E-state index contributed by atoms with van der Waals surface area (Å²) < 4.78 is 18.7. The fourth-order valence-electron chi connectivity index (χ4n) is 2.33. The molecule has 1 aromatic carbocycles. The van der Waals surface area contributed by atoms with Crippen molar-refractivity contribution in [2.24, 2.45) is 11.7 Å². The molecular weight excluding hydrogens is 243 g/mol. The van der Waals surface area contributed by atoms with Gasteiger partial charge in [0.05, 0.1) is 7.11 Å². The summed E-state index contributed by atoms with van der Waals surface area (Å²) in [7, 11) is 1.47. The molecule has 3 nitrogen and oxygen atoms in total. The number of rotatable bonds is 7. The zero-order chi connectivity index (χ0) is 14.4. The van der Waals surface area contributed by atoms with Crippen LogP contribution < -0.4 is 10.5 Å². The first-order valence-electron chi connectivity index (χ1n) is 6.81. The van der Waals surface area contributed by atoms with Gasteiger partial charge in [0.15, 0.2) is 11.6 Å². The molecule has 0 radical (unpaired) electrons. The smallest absolute Gasteiger partial charge is 0.165 e. The van der Waals surface area contributed by atoms with Gasteiger partial charge in [-0.1, -0.05) is 26.8 Å². The molecule has 0 amide bonds. The van der Waals surface area contributed by atoms with E-state index in [2.05, 4.69) is 25.7 Å². The quantitative estimate of drug-likeness (QED) is 0.826. The van der Waals surface area contributed by atoms with Gasteiger partial charge in [0.2, 0.25) is 0 Å². The van der Waals surface area contributed by atoms with Crippen molar-refractivity contribution in [3.8, 4) is 5.75 Å². The Bertz CT molecular complexity index is 396. The van der Waals surface area contributed by atoms with Crippen LogP contribution in [0.1, 0.15) is 32.4 Å². The van der Waals surface area contributed by atoms with E-state index >= 15 is 0 Å². The minimum absolute atomic E-state index is 0.0489. The molecule has 1 aromatic rings. The molecule has 0 saturated heterocycles. The monoisotopic (exact) mass is 268 g/mol. The molecule has 0 bridgehead atoms. The van der Waals surface area contributed by atoms with Gasteiger partial charge in [0.1, 0.15) is 0 Å². The molecule has 0 fully saturated rings. The van der Waals surface area contributed by atoms with Gasteiger partial charge >= 0.3 is 0 Å². The lowest BCUT2D eigenvalue weighted by Gasteiger charge is -2.31. The van der Waals surface area contributed by atoms with Crippen LogP contribution in [0, 0.1) is 11.7 Å². The van der Waals surface area contributed by atoms with Crippen LogP contribution in [0.2, 0.25) is 0 Å². The van der Waals surface area contributed by atoms with E-state index in [1.54, 1.807) is 6.07 Å². The molecule has 108 valence electrons. The zero-order valence-corrected chi connectivity index (χ0v) is 12.3. The highest BCUT2D eigenvalue weighted by Gasteiger charge is 2.19. The largest absolute Gasteiger partial charge is 0.494 e. The molecule has 0 aromatic heterocycles. The summed E-state index contributed by atoms with van der Waals surface area (Å²) in [5, 5.41) is 0. The summed E-state index contributed by atoms with van der Waals surface area (Å²) in [5.74, 6) is 0.488. The molecule has 0 aliphatic carbocycles. The number of methoxy groups -OCH3 is 1. The Morgan fingerprint density at radius 1 is 1.37 bits per heavy atom. The van der Waals surface area contributed by atoms with Gasteiger partial charge in [-0.05, 0) is 30.2 Å². The summed E-state index contributed by atoms with van der Waals surface area (Å²) in [6, 6.07) is 5.13. The molecular formula is C15H25FN2O. The molecule has 0 aliphatic rings. The molecule has 2 N–H and O–H groups in total. The second-order valence-corrected chi connectivity index (χ2v) is 5.13. The molecule has 1 rings (SSSR count). The Hall–Kier alpha value is -1.13. The summed E-state index contributed by atoms with van der Waals surface area (Å²) in [4.78, 5) is 2.28. The fraction of sp³-hybridized carbons (Fsp3) is 0.600. The van der Waals surface area contributed by atoms with Crippen molar-refractivity contribution in [3.05, 3.63) is 29.6 Å². The van der Waals surface area contributed by atoms with Gasteiger partial charge < -0.3 is 10.5 Å². The van der Waals surface area contributed by atoms with Crippen LogP contribution in [0.5, 0.6) is 5.75 Å². The predicted molar refractivity (Wildman–Crippen MR) is 76.8 cm³/mol. The first-order valence-corrected chi connectivity index (χ1v) is 6.81. The van der Waals surface area contributed by atoms with Gasteiger partial charge in [-0.2, -0.15) is 0 Å². The average molecular weight is 268 g/mol. The lowest BCUT2D eigenvalue weighted by Crippen LogP contribution is -2.36. The van der Waals surface area contributed by atoms with Crippen LogP contribution in [0.25, 0.3) is 0 Å². The highest BCUT2D eigenvalue weighted by molar-refractivity contribution is 5.31. The third-order valence-corrected chi connectivity index (χ3v) is 3.23. The Kier molecular flexibility index (Phi) is 6.25. The Morgan fingerprint density at radius 3 is 2.47 bits per heavy atom. The third kappa shape index (κ3) is 4.18. The average Bonchev–Trinajstić information content (AvgIpc) is 2.38. The highest BCUT2D eigenvalue weighted by Crippen LogP contribution is 2.25. The summed E-state index contributed by atoms with van der Waals surface area (Å²) in [5.41, 5.74) is 6.79. The summed E-state index contributed by atoms with van der Waals surface area (Å²) >= 11 is 0. The van der Waals surface area contributed by atoms with Crippen LogP contribution in [-0.2, 0) is 0 Å². The van der Waals surface area contributed by atoms with Crippen molar-refractivity contribution in [1.82, 2.24) is 4.90 Å². The normalized spacial score (nSPS) is 13.1. The number of halogens is 1. The maximum absolute atomic E-state index is 13.8. The molecule has 4 heteroatoms. The van der Waals surface area contributed by atoms with Gasteiger partial charge in [0.25, 0.3) is 0 Å². The molecule has 1 unspecified atom stereocenters. The lowest BCUT2D eigenvalue weighted by molar-refractivity contribution is 0.189. The SMILES string of the molecule is CCN(CC(C)C)C(CN)c1ccc(OC)c(F)c1. The number of hydrogen-bond donors (Lipinski definition) is 1. The molecule has 1 atom stereocenters. The van der Waals surface area contributed by atoms with Crippen LogP contribution in [-0.4, -0.2) is 31.6 Å². The first-order chi connectivity index (χ1) is 9.03. The van der Waals surface area contributed by atoms with E-state index in [1.807, 2.05) is 6.07 Å². The zero-order valence-electron chi connectivity index (χ0n) is 12.3.